The Morgan fingerprint density at radius 3 is 2.56 bits per heavy atom. The molecule has 1 aliphatic heterocycles. The Balaban J connectivity index is 2.21. The number of hydrogen-bond donors (Lipinski definition) is 1. The summed E-state index contributed by atoms with van der Waals surface area (Å²) in [6.45, 7) is 3.71. The highest BCUT2D eigenvalue weighted by molar-refractivity contribution is 6.30. The first-order chi connectivity index (χ1) is 8.49. The van der Waals surface area contributed by atoms with Crippen LogP contribution in [0.4, 0.5) is 0 Å². The maximum Gasteiger partial charge on any atom is 0.245 e. The monoisotopic (exact) mass is 266 g/mol. The fourth-order valence-electron chi connectivity index (χ4n) is 2.08. The summed E-state index contributed by atoms with van der Waals surface area (Å²) in [7, 11) is 0. The lowest BCUT2D eigenvalue weighted by Crippen LogP contribution is -2.57. The minimum absolute atomic E-state index is 0.0583. The molecule has 1 aromatic rings. The fourth-order valence-corrected chi connectivity index (χ4v) is 2.21. The molecule has 0 saturated carbocycles. The third kappa shape index (κ3) is 2.48. The zero-order valence-corrected chi connectivity index (χ0v) is 11.1. The van der Waals surface area contributed by atoms with Crippen molar-refractivity contribution in [3.63, 3.8) is 0 Å². The summed E-state index contributed by atoms with van der Waals surface area (Å²) in [5, 5.41) is 3.28. The zero-order chi connectivity index (χ0) is 13.3. The summed E-state index contributed by atoms with van der Waals surface area (Å²) < 4.78 is 0. The van der Waals surface area contributed by atoms with Crippen molar-refractivity contribution < 1.29 is 9.59 Å². The lowest BCUT2D eigenvalue weighted by molar-refractivity contribution is -0.145. The predicted octanol–water partition coefficient (Wildman–Crippen LogP) is 1.75. The Morgan fingerprint density at radius 1 is 1.33 bits per heavy atom. The molecular weight excluding hydrogens is 252 g/mol. The van der Waals surface area contributed by atoms with E-state index in [1.54, 1.807) is 24.0 Å². The lowest BCUT2D eigenvalue weighted by atomic mass is 10.0. The summed E-state index contributed by atoms with van der Waals surface area (Å²) in [5.74, 6) is -0.181. The quantitative estimate of drug-likeness (QED) is 0.887. The van der Waals surface area contributed by atoms with E-state index in [1.807, 2.05) is 19.1 Å². The molecule has 4 nitrogen and oxygen atoms in total. The van der Waals surface area contributed by atoms with E-state index in [-0.39, 0.29) is 24.4 Å². The molecule has 1 heterocycles. The van der Waals surface area contributed by atoms with Crippen molar-refractivity contribution in [2.75, 3.05) is 6.54 Å². The van der Waals surface area contributed by atoms with Gasteiger partial charge in [-0.2, -0.15) is 0 Å². The van der Waals surface area contributed by atoms with Crippen LogP contribution in [-0.2, 0) is 9.59 Å². The maximum absolute atomic E-state index is 12.0. The number of amides is 2. The van der Waals surface area contributed by atoms with Crippen LogP contribution in [0, 0.1) is 0 Å². The van der Waals surface area contributed by atoms with Crippen molar-refractivity contribution in [1.29, 1.82) is 0 Å². The first-order valence-electron chi connectivity index (χ1n) is 5.84. The average molecular weight is 267 g/mol. The van der Waals surface area contributed by atoms with Gasteiger partial charge in [0.05, 0.1) is 6.04 Å². The Morgan fingerprint density at radius 2 is 1.94 bits per heavy atom. The van der Waals surface area contributed by atoms with E-state index >= 15 is 0 Å². The lowest BCUT2D eigenvalue weighted by Gasteiger charge is -2.35. The number of nitrogens with one attached hydrogen (secondary N) is 1. The van der Waals surface area contributed by atoms with E-state index in [1.165, 1.54) is 0 Å². The third-order valence-corrected chi connectivity index (χ3v) is 3.42. The van der Waals surface area contributed by atoms with Crippen LogP contribution in [0.1, 0.15) is 25.5 Å². The van der Waals surface area contributed by atoms with Crippen LogP contribution in [0.3, 0.4) is 0 Å². The smallest absolute Gasteiger partial charge is 0.245 e. The molecule has 0 spiro atoms. The summed E-state index contributed by atoms with van der Waals surface area (Å²) >= 11 is 5.83. The van der Waals surface area contributed by atoms with Gasteiger partial charge in [-0.3, -0.25) is 9.59 Å². The van der Waals surface area contributed by atoms with Crippen molar-refractivity contribution in [3.05, 3.63) is 34.9 Å². The van der Waals surface area contributed by atoms with Gasteiger partial charge in [0.25, 0.3) is 0 Å². The SMILES string of the molecule is CC1NC(=O)CN(C(C)c2ccc(Cl)cc2)C1=O. The van der Waals surface area contributed by atoms with Gasteiger partial charge in [0.15, 0.2) is 0 Å². The number of carbonyl (C=O) groups excluding carboxylic acids is 2. The topological polar surface area (TPSA) is 49.4 Å². The summed E-state index contributed by atoms with van der Waals surface area (Å²) in [5.41, 5.74) is 0.967. The second kappa shape index (κ2) is 4.98. The number of carbonyl (C=O) groups is 2. The Kier molecular flexibility index (Phi) is 3.57. The standard InChI is InChI=1S/C13H15ClN2O2/c1-8-13(18)16(7-12(17)15-8)9(2)10-3-5-11(14)6-4-10/h3-6,8-9H,7H2,1-2H3,(H,15,17). The average Bonchev–Trinajstić information content (AvgIpc) is 2.34. The molecule has 0 radical (unpaired) electrons. The Labute approximate surface area is 111 Å². The highest BCUT2D eigenvalue weighted by atomic mass is 35.5. The van der Waals surface area contributed by atoms with Gasteiger partial charge in [0, 0.05) is 5.02 Å². The van der Waals surface area contributed by atoms with E-state index in [0.717, 1.165) is 5.56 Å². The van der Waals surface area contributed by atoms with Crippen LogP contribution < -0.4 is 5.32 Å². The molecule has 2 unspecified atom stereocenters. The molecule has 2 amide bonds. The molecule has 2 atom stereocenters. The van der Waals surface area contributed by atoms with Crippen molar-refractivity contribution in [2.24, 2.45) is 0 Å². The molecule has 1 aliphatic rings. The Bertz CT molecular complexity index is 472. The first kappa shape index (κ1) is 12.9. The second-order valence-electron chi connectivity index (χ2n) is 4.48. The van der Waals surface area contributed by atoms with Gasteiger partial charge in [-0.05, 0) is 31.5 Å². The number of halogens is 1. The summed E-state index contributed by atoms with van der Waals surface area (Å²) in [6, 6.07) is 6.72. The number of benzene rings is 1. The van der Waals surface area contributed by atoms with Gasteiger partial charge in [-0.15, -0.1) is 0 Å². The molecule has 1 aromatic carbocycles. The van der Waals surface area contributed by atoms with Gasteiger partial charge < -0.3 is 10.2 Å². The fraction of sp³-hybridized carbons (Fsp3) is 0.385. The van der Waals surface area contributed by atoms with Crippen molar-refractivity contribution in [3.8, 4) is 0 Å². The van der Waals surface area contributed by atoms with Crippen LogP contribution in [0.25, 0.3) is 0 Å². The Hall–Kier alpha value is -1.55. The zero-order valence-electron chi connectivity index (χ0n) is 10.3. The van der Waals surface area contributed by atoms with Gasteiger partial charge in [0.2, 0.25) is 11.8 Å². The predicted molar refractivity (Wildman–Crippen MR) is 69.2 cm³/mol. The minimum atomic E-state index is -0.457. The molecule has 2 rings (SSSR count). The molecule has 5 heteroatoms. The van der Waals surface area contributed by atoms with Crippen molar-refractivity contribution >= 4 is 23.4 Å². The van der Waals surface area contributed by atoms with E-state index in [2.05, 4.69) is 5.32 Å². The van der Waals surface area contributed by atoms with E-state index in [9.17, 15) is 9.59 Å². The van der Waals surface area contributed by atoms with E-state index in [4.69, 9.17) is 11.6 Å². The van der Waals surface area contributed by atoms with Crippen LogP contribution in [0.2, 0.25) is 5.02 Å². The van der Waals surface area contributed by atoms with E-state index in [0.29, 0.717) is 5.02 Å². The summed E-state index contributed by atoms with van der Waals surface area (Å²) in [6.07, 6.45) is 0. The first-order valence-corrected chi connectivity index (χ1v) is 6.22. The van der Waals surface area contributed by atoms with Crippen molar-refractivity contribution in [2.45, 2.75) is 25.9 Å². The second-order valence-corrected chi connectivity index (χ2v) is 4.92. The molecule has 1 saturated heterocycles. The molecule has 0 aromatic heterocycles. The molecule has 18 heavy (non-hydrogen) atoms. The molecule has 96 valence electrons. The normalized spacial score (nSPS) is 21.7. The number of rotatable bonds is 2. The van der Waals surface area contributed by atoms with Gasteiger partial charge in [-0.25, -0.2) is 0 Å². The molecule has 1 N–H and O–H groups in total. The third-order valence-electron chi connectivity index (χ3n) is 3.16. The molecular formula is C13H15ClN2O2. The number of nitrogens with zero attached hydrogens (tertiary/aromatic N) is 1. The molecule has 1 fully saturated rings. The van der Waals surface area contributed by atoms with E-state index < -0.39 is 6.04 Å². The van der Waals surface area contributed by atoms with Gasteiger partial charge in [0.1, 0.15) is 12.6 Å². The van der Waals surface area contributed by atoms with Crippen LogP contribution >= 0.6 is 11.6 Å². The van der Waals surface area contributed by atoms with Gasteiger partial charge in [-0.1, -0.05) is 23.7 Å². The largest absolute Gasteiger partial charge is 0.343 e. The maximum atomic E-state index is 12.0. The molecule has 0 aliphatic carbocycles. The highest BCUT2D eigenvalue weighted by Gasteiger charge is 2.32. The van der Waals surface area contributed by atoms with Crippen molar-refractivity contribution in [1.82, 2.24) is 10.2 Å². The molecule has 0 bridgehead atoms. The summed E-state index contributed by atoms with van der Waals surface area (Å²) in [4.78, 5) is 25.1. The van der Waals surface area contributed by atoms with Gasteiger partial charge >= 0.3 is 0 Å². The van der Waals surface area contributed by atoms with Crippen LogP contribution in [0.5, 0.6) is 0 Å². The number of piperazine rings is 1. The minimum Gasteiger partial charge on any atom is -0.343 e. The highest BCUT2D eigenvalue weighted by Crippen LogP contribution is 2.23. The number of hydrogen-bond acceptors (Lipinski definition) is 2. The van der Waals surface area contributed by atoms with Crippen LogP contribution in [0.15, 0.2) is 24.3 Å². The van der Waals surface area contributed by atoms with Crippen LogP contribution in [-0.4, -0.2) is 29.3 Å².